The number of carbonyl (C=O) groups is 1. The average molecular weight is 516 g/mol. The van der Waals surface area contributed by atoms with E-state index in [4.69, 9.17) is 23.9 Å². The van der Waals surface area contributed by atoms with Gasteiger partial charge in [-0.15, -0.1) is 11.8 Å². The highest BCUT2D eigenvalue weighted by atomic mass is 32.2. The summed E-state index contributed by atoms with van der Waals surface area (Å²) >= 11 is 2.66. The summed E-state index contributed by atoms with van der Waals surface area (Å²) in [6.07, 6.45) is 0.703. The van der Waals surface area contributed by atoms with Crippen LogP contribution in [-0.4, -0.2) is 55.4 Å². The van der Waals surface area contributed by atoms with Gasteiger partial charge in [0.15, 0.2) is 5.16 Å². The minimum absolute atomic E-state index is 0.0276. The van der Waals surface area contributed by atoms with E-state index < -0.39 is 0 Å². The van der Waals surface area contributed by atoms with Crippen molar-refractivity contribution < 1.29 is 23.7 Å². The zero-order chi connectivity index (χ0) is 24.9. The average Bonchev–Trinajstić information content (AvgIpc) is 3.36. The molecule has 2 heterocycles. The summed E-state index contributed by atoms with van der Waals surface area (Å²) in [7, 11) is 6.17. The Hall–Kier alpha value is -3.31. The number of fused-ring (bicyclic) bond motifs is 1. The van der Waals surface area contributed by atoms with Crippen LogP contribution in [0.2, 0.25) is 0 Å². The highest BCUT2D eigenvalue weighted by Crippen LogP contribution is 2.34. The molecule has 1 aromatic heterocycles. The molecule has 35 heavy (non-hydrogen) atoms. The molecule has 4 rings (SSSR count). The summed E-state index contributed by atoms with van der Waals surface area (Å²) in [4.78, 5) is 31.7. The van der Waals surface area contributed by atoms with Crippen molar-refractivity contribution in [2.75, 3.05) is 45.3 Å². The Balaban J connectivity index is 1.65. The molecule has 0 fully saturated rings. The van der Waals surface area contributed by atoms with Gasteiger partial charge in [0.2, 0.25) is 5.91 Å². The molecule has 0 saturated heterocycles. The molecule has 184 valence electrons. The minimum Gasteiger partial charge on any atom is -0.497 e. The Morgan fingerprint density at radius 1 is 1.03 bits per heavy atom. The normalized spacial score (nSPS) is 12.1. The quantitative estimate of drug-likeness (QED) is 0.338. The second kappa shape index (κ2) is 11.0. The van der Waals surface area contributed by atoms with E-state index >= 15 is 0 Å². The molecule has 0 saturated carbocycles. The van der Waals surface area contributed by atoms with Crippen LogP contribution < -0.4 is 29.8 Å². The fraction of sp³-hybridized carbons (Fsp3) is 0.292. The van der Waals surface area contributed by atoms with Crippen LogP contribution in [0.25, 0.3) is 5.69 Å². The molecule has 0 unspecified atom stereocenters. The molecular formula is C24H25N3O6S2. The van der Waals surface area contributed by atoms with Crippen molar-refractivity contribution >= 4 is 35.1 Å². The zero-order valence-corrected chi connectivity index (χ0v) is 21.4. The van der Waals surface area contributed by atoms with Crippen molar-refractivity contribution in [1.29, 1.82) is 0 Å². The Labute approximate surface area is 211 Å². The van der Waals surface area contributed by atoms with Gasteiger partial charge in [-0.25, -0.2) is 4.98 Å². The number of hydrogen-bond acceptors (Lipinski definition) is 9. The van der Waals surface area contributed by atoms with Crippen LogP contribution in [0.4, 0.5) is 5.69 Å². The lowest BCUT2D eigenvalue weighted by Gasteiger charge is -2.17. The SMILES string of the molecule is COc1ccc(NC(=O)CSc2nc3c(c(=O)n2-c2cc(OC)ccc2OC)SCC3)c(OC)c1. The van der Waals surface area contributed by atoms with E-state index in [1.165, 1.54) is 42.3 Å². The van der Waals surface area contributed by atoms with Crippen LogP contribution in [0.5, 0.6) is 23.0 Å². The van der Waals surface area contributed by atoms with E-state index in [0.717, 1.165) is 11.4 Å². The number of amides is 1. The van der Waals surface area contributed by atoms with E-state index in [1.807, 2.05) is 0 Å². The van der Waals surface area contributed by atoms with Gasteiger partial charge in [-0.05, 0) is 24.3 Å². The van der Waals surface area contributed by atoms with Crippen LogP contribution in [0, 0.1) is 0 Å². The third kappa shape index (κ3) is 5.20. The third-order valence-electron chi connectivity index (χ3n) is 5.31. The van der Waals surface area contributed by atoms with Gasteiger partial charge in [0.1, 0.15) is 23.0 Å². The maximum absolute atomic E-state index is 13.5. The maximum atomic E-state index is 13.5. The lowest BCUT2D eigenvalue weighted by atomic mass is 10.2. The van der Waals surface area contributed by atoms with Crippen molar-refractivity contribution in [2.24, 2.45) is 0 Å². The Kier molecular flexibility index (Phi) is 7.76. The molecule has 2 aromatic carbocycles. The van der Waals surface area contributed by atoms with E-state index in [0.29, 0.717) is 50.8 Å². The zero-order valence-electron chi connectivity index (χ0n) is 19.7. The monoisotopic (exact) mass is 515 g/mol. The largest absolute Gasteiger partial charge is 0.497 e. The molecule has 0 atom stereocenters. The number of ether oxygens (including phenoxy) is 4. The molecule has 0 radical (unpaired) electrons. The standard InChI is InChI=1S/C24H25N3O6S2/c1-30-14-6-8-19(32-3)18(11-14)27-23(29)22-17(9-10-34-22)26-24(27)35-13-21(28)25-16-7-5-15(31-2)12-20(16)33-4/h5-8,11-12H,9-10,13H2,1-4H3,(H,25,28). The van der Waals surface area contributed by atoms with Crippen LogP contribution in [-0.2, 0) is 11.2 Å². The summed E-state index contributed by atoms with van der Waals surface area (Å²) in [6, 6.07) is 10.3. The lowest BCUT2D eigenvalue weighted by Crippen LogP contribution is -2.25. The number of aryl methyl sites for hydroxylation is 1. The molecule has 1 amide bonds. The second-order valence-corrected chi connectivity index (χ2v) is 9.40. The molecule has 11 heteroatoms. The van der Waals surface area contributed by atoms with E-state index in [9.17, 15) is 9.59 Å². The van der Waals surface area contributed by atoms with Crippen LogP contribution in [0.15, 0.2) is 51.2 Å². The summed E-state index contributed by atoms with van der Waals surface area (Å²) in [6.45, 7) is 0. The van der Waals surface area contributed by atoms with Gasteiger partial charge in [0, 0.05) is 24.3 Å². The fourth-order valence-corrected chi connectivity index (χ4v) is 5.44. The number of benzene rings is 2. The first-order chi connectivity index (χ1) is 17.0. The summed E-state index contributed by atoms with van der Waals surface area (Å²) in [5.74, 6) is 2.71. The molecular weight excluding hydrogens is 490 g/mol. The van der Waals surface area contributed by atoms with Gasteiger partial charge < -0.3 is 24.3 Å². The molecule has 3 aromatic rings. The fourth-order valence-electron chi connectivity index (χ4n) is 3.59. The number of nitrogens with zero attached hydrogens (tertiary/aromatic N) is 2. The van der Waals surface area contributed by atoms with Gasteiger partial charge >= 0.3 is 0 Å². The molecule has 0 bridgehead atoms. The van der Waals surface area contributed by atoms with Crippen LogP contribution in [0.1, 0.15) is 5.69 Å². The first kappa shape index (κ1) is 24.8. The summed E-state index contributed by atoms with van der Waals surface area (Å²) < 4.78 is 22.9. The highest BCUT2D eigenvalue weighted by Gasteiger charge is 2.25. The number of anilines is 1. The topological polar surface area (TPSA) is 101 Å². The summed E-state index contributed by atoms with van der Waals surface area (Å²) in [5.41, 5.74) is 1.57. The van der Waals surface area contributed by atoms with Crippen LogP contribution in [0.3, 0.4) is 0 Å². The first-order valence-electron chi connectivity index (χ1n) is 10.6. The van der Waals surface area contributed by atoms with Crippen molar-refractivity contribution in [2.45, 2.75) is 16.5 Å². The number of methoxy groups -OCH3 is 4. The smallest absolute Gasteiger partial charge is 0.272 e. The second-order valence-electron chi connectivity index (χ2n) is 7.35. The van der Waals surface area contributed by atoms with Gasteiger partial charge in [-0.1, -0.05) is 11.8 Å². The molecule has 1 aliphatic rings. The highest BCUT2D eigenvalue weighted by molar-refractivity contribution is 8.00. The molecule has 9 nitrogen and oxygen atoms in total. The van der Waals surface area contributed by atoms with Gasteiger partial charge in [0.05, 0.1) is 56.2 Å². The van der Waals surface area contributed by atoms with Crippen molar-refractivity contribution in [3.05, 3.63) is 52.4 Å². The Bertz CT molecular complexity index is 1310. The van der Waals surface area contributed by atoms with E-state index in [-0.39, 0.29) is 17.2 Å². The first-order valence-corrected chi connectivity index (χ1v) is 12.6. The minimum atomic E-state index is -0.272. The van der Waals surface area contributed by atoms with Gasteiger partial charge in [-0.2, -0.15) is 0 Å². The number of aromatic nitrogens is 2. The van der Waals surface area contributed by atoms with E-state index in [1.54, 1.807) is 50.6 Å². The van der Waals surface area contributed by atoms with Crippen molar-refractivity contribution in [3.63, 3.8) is 0 Å². The van der Waals surface area contributed by atoms with Gasteiger partial charge in [0.25, 0.3) is 5.56 Å². The maximum Gasteiger partial charge on any atom is 0.272 e. The Morgan fingerprint density at radius 2 is 1.74 bits per heavy atom. The predicted octanol–water partition coefficient (Wildman–Crippen LogP) is 3.65. The molecule has 1 N–H and O–H groups in total. The summed E-state index contributed by atoms with van der Waals surface area (Å²) in [5, 5.41) is 3.25. The molecule has 1 aliphatic heterocycles. The van der Waals surface area contributed by atoms with Crippen molar-refractivity contribution in [3.8, 4) is 28.7 Å². The Morgan fingerprint density at radius 3 is 2.46 bits per heavy atom. The van der Waals surface area contributed by atoms with Crippen LogP contribution >= 0.6 is 23.5 Å². The molecule has 0 spiro atoms. The number of thioether (sulfide) groups is 2. The van der Waals surface area contributed by atoms with E-state index in [2.05, 4.69) is 5.32 Å². The number of nitrogens with one attached hydrogen (secondary N) is 1. The number of carbonyl (C=O) groups excluding carboxylic acids is 1. The molecule has 0 aliphatic carbocycles. The third-order valence-corrected chi connectivity index (χ3v) is 7.35. The number of rotatable bonds is 9. The lowest BCUT2D eigenvalue weighted by molar-refractivity contribution is -0.113. The van der Waals surface area contributed by atoms with Crippen molar-refractivity contribution in [1.82, 2.24) is 9.55 Å². The van der Waals surface area contributed by atoms with Gasteiger partial charge in [-0.3, -0.25) is 14.2 Å². The number of hydrogen-bond donors (Lipinski definition) is 1. The predicted molar refractivity (Wildman–Crippen MR) is 136 cm³/mol.